The number of benzene rings is 2. The van der Waals surface area contributed by atoms with E-state index in [0.29, 0.717) is 11.3 Å². The standard InChI is InChI=1S/C17H15BrN2O2/c1-10-4-6-16-12(7-10)15(20-22-16)9-17(21)19-14-5-3-11(2)8-13(14)18/h3-8H,9H2,1-2H3,(H,19,21). The highest BCUT2D eigenvalue weighted by atomic mass is 79.9. The summed E-state index contributed by atoms with van der Waals surface area (Å²) in [6.45, 7) is 4.00. The summed E-state index contributed by atoms with van der Waals surface area (Å²) >= 11 is 3.45. The van der Waals surface area contributed by atoms with E-state index in [1.54, 1.807) is 0 Å². The van der Waals surface area contributed by atoms with Gasteiger partial charge in [0.2, 0.25) is 5.91 Å². The van der Waals surface area contributed by atoms with Crippen molar-refractivity contribution in [3.63, 3.8) is 0 Å². The van der Waals surface area contributed by atoms with Crippen molar-refractivity contribution in [2.75, 3.05) is 5.32 Å². The number of nitrogens with one attached hydrogen (secondary N) is 1. The summed E-state index contributed by atoms with van der Waals surface area (Å²) in [6.07, 6.45) is 0.177. The number of fused-ring (bicyclic) bond motifs is 1. The minimum atomic E-state index is -0.124. The van der Waals surface area contributed by atoms with Crippen molar-refractivity contribution < 1.29 is 9.32 Å². The molecule has 0 unspecified atom stereocenters. The SMILES string of the molecule is Cc1ccc(NC(=O)Cc2noc3ccc(C)cc23)c(Br)c1. The maximum atomic E-state index is 12.2. The van der Waals surface area contributed by atoms with Crippen LogP contribution < -0.4 is 5.32 Å². The van der Waals surface area contributed by atoms with Crippen LogP contribution in [0.3, 0.4) is 0 Å². The van der Waals surface area contributed by atoms with E-state index in [2.05, 4.69) is 26.4 Å². The first kappa shape index (κ1) is 14.8. The number of carbonyl (C=O) groups excluding carboxylic acids is 1. The molecular weight excluding hydrogens is 344 g/mol. The minimum absolute atomic E-state index is 0.124. The Bertz CT molecular complexity index is 855. The third kappa shape index (κ3) is 3.04. The predicted octanol–water partition coefficient (Wildman–Crippen LogP) is 4.39. The van der Waals surface area contributed by atoms with Gasteiger partial charge in [0.25, 0.3) is 0 Å². The zero-order valence-corrected chi connectivity index (χ0v) is 13.9. The van der Waals surface area contributed by atoms with E-state index in [1.807, 2.05) is 50.2 Å². The molecule has 1 heterocycles. The number of rotatable bonds is 3. The number of amides is 1. The average molecular weight is 359 g/mol. The number of carbonyl (C=O) groups is 1. The molecule has 0 atom stereocenters. The summed E-state index contributed by atoms with van der Waals surface area (Å²) < 4.78 is 6.12. The quantitative estimate of drug-likeness (QED) is 0.755. The molecule has 3 rings (SSSR count). The van der Waals surface area contributed by atoms with Crippen LogP contribution in [0.1, 0.15) is 16.8 Å². The number of anilines is 1. The van der Waals surface area contributed by atoms with Crippen molar-refractivity contribution >= 4 is 38.5 Å². The molecule has 0 bridgehead atoms. The Balaban J connectivity index is 1.79. The van der Waals surface area contributed by atoms with Crippen molar-refractivity contribution in [3.8, 4) is 0 Å². The fraction of sp³-hybridized carbons (Fsp3) is 0.176. The Kier molecular flexibility index (Phi) is 3.98. The Labute approximate surface area is 136 Å². The molecular formula is C17H15BrN2O2. The van der Waals surface area contributed by atoms with Crippen LogP contribution in [0, 0.1) is 13.8 Å². The third-order valence-electron chi connectivity index (χ3n) is 3.43. The molecule has 4 nitrogen and oxygen atoms in total. The van der Waals surface area contributed by atoms with E-state index in [-0.39, 0.29) is 12.3 Å². The van der Waals surface area contributed by atoms with Crippen LogP contribution in [0.15, 0.2) is 45.4 Å². The summed E-state index contributed by atoms with van der Waals surface area (Å²) in [4.78, 5) is 12.2. The summed E-state index contributed by atoms with van der Waals surface area (Å²) in [5.41, 5.74) is 4.34. The fourth-order valence-electron chi connectivity index (χ4n) is 2.30. The number of hydrogen-bond donors (Lipinski definition) is 1. The van der Waals surface area contributed by atoms with Gasteiger partial charge in [-0.3, -0.25) is 4.79 Å². The van der Waals surface area contributed by atoms with Crippen LogP contribution in [0.25, 0.3) is 11.0 Å². The lowest BCUT2D eigenvalue weighted by Crippen LogP contribution is -2.15. The van der Waals surface area contributed by atoms with Crippen LogP contribution in [-0.2, 0) is 11.2 Å². The first-order valence-electron chi connectivity index (χ1n) is 6.94. The van der Waals surface area contributed by atoms with Gasteiger partial charge in [-0.05, 0) is 59.6 Å². The molecule has 1 N–H and O–H groups in total. The average Bonchev–Trinajstić information content (AvgIpc) is 2.84. The summed E-state index contributed by atoms with van der Waals surface area (Å²) in [7, 11) is 0. The highest BCUT2D eigenvalue weighted by molar-refractivity contribution is 9.10. The molecule has 3 aromatic rings. The van der Waals surface area contributed by atoms with Gasteiger partial charge in [-0.1, -0.05) is 22.9 Å². The predicted molar refractivity (Wildman–Crippen MR) is 90.0 cm³/mol. The Hall–Kier alpha value is -2.14. The second kappa shape index (κ2) is 5.93. The number of halogens is 1. The number of nitrogens with zero attached hydrogens (tertiary/aromatic N) is 1. The Morgan fingerprint density at radius 3 is 2.68 bits per heavy atom. The molecule has 112 valence electrons. The first-order valence-corrected chi connectivity index (χ1v) is 7.73. The molecule has 0 saturated heterocycles. The van der Waals surface area contributed by atoms with E-state index >= 15 is 0 Å². The van der Waals surface area contributed by atoms with Crippen LogP contribution >= 0.6 is 15.9 Å². The minimum Gasteiger partial charge on any atom is -0.356 e. The lowest BCUT2D eigenvalue weighted by atomic mass is 10.1. The summed E-state index contributed by atoms with van der Waals surface area (Å²) in [5, 5.41) is 7.78. The first-order chi connectivity index (χ1) is 10.5. The molecule has 22 heavy (non-hydrogen) atoms. The van der Waals surface area contributed by atoms with Crippen LogP contribution in [0.5, 0.6) is 0 Å². The molecule has 0 saturated carbocycles. The lowest BCUT2D eigenvalue weighted by molar-refractivity contribution is -0.115. The Morgan fingerprint density at radius 2 is 1.91 bits per heavy atom. The number of aromatic nitrogens is 1. The van der Waals surface area contributed by atoms with E-state index in [1.165, 1.54) is 0 Å². The lowest BCUT2D eigenvalue weighted by Gasteiger charge is -2.07. The van der Waals surface area contributed by atoms with E-state index in [0.717, 1.165) is 26.7 Å². The summed E-state index contributed by atoms with van der Waals surface area (Å²) in [6, 6.07) is 11.6. The van der Waals surface area contributed by atoms with Gasteiger partial charge in [0.15, 0.2) is 5.58 Å². The van der Waals surface area contributed by atoms with Crippen molar-refractivity contribution in [2.45, 2.75) is 20.3 Å². The highest BCUT2D eigenvalue weighted by Gasteiger charge is 2.13. The van der Waals surface area contributed by atoms with Gasteiger partial charge in [-0.25, -0.2) is 0 Å². The number of hydrogen-bond acceptors (Lipinski definition) is 3. The van der Waals surface area contributed by atoms with Crippen molar-refractivity contribution in [3.05, 3.63) is 57.7 Å². The highest BCUT2D eigenvalue weighted by Crippen LogP contribution is 2.24. The van der Waals surface area contributed by atoms with E-state index < -0.39 is 0 Å². The molecule has 0 aliphatic heterocycles. The number of aryl methyl sites for hydroxylation is 2. The molecule has 0 fully saturated rings. The maximum absolute atomic E-state index is 12.2. The molecule has 0 radical (unpaired) electrons. The van der Waals surface area contributed by atoms with Crippen LogP contribution in [0.4, 0.5) is 5.69 Å². The Morgan fingerprint density at radius 1 is 1.18 bits per heavy atom. The normalized spacial score (nSPS) is 10.9. The molecule has 2 aromatic carbocycles. The second-order valence-electron chi connectivity index (χ2n) is 5.34. The van der Waals surface area contributed by atoms with Gasteiger partial charge in [-0.15, -0.1) is 0 Å². The third-order valence-corrected chi connectivity index (χ3v) is 4.08. The smallest absolute Gasteiger partial charge is 0.230 e. The molecule has 5 heteroatoms. The topological polar surface area (TPSA) is 55.1 Å². The zero-order valence-electron chi connectivity index (χ0n) is 12.3. The largest absolute Gasteiger partial charge is 0.356 e. The van der Waals surface area contributed by atoms with Crippen molar-refractivity contribution in [1.29, 1.82) is 0 Å². The summed E-state index contributed by atoms with van der Waals surface area (Å²) in [5.74, 6) is -0.124. The van der Waals surface area contributed by atoms with Gasteiger partial charge >= 0.3 is 0 Å². The molecule has 0 aliphatic carbocycles. The van der Waals surface area contributed by atoms with Gasteiger partial charge in [0, 0.05) is 9.86 Å². The fourth-order valence-corrected chi connectivity index (χ4v) is 2.89. The van der Waals surface area contributed by atoms with E-state index in [9.17, 15) is 4.79 Å². The molecule has 1 aromatic heterocycles. The van der Waals surface area contributed by atoms with Crippen molar-refractivity contribution in [2.24, 2.45) is 0 Å². The van der Waals surface area contributed by atoms with Crippen LogP contribution in [-0.4, -0.2) is 11.1 Å². The molecule has 0 aliphatic rings. The second-order valence-corrected chi connectivity index (χ2v) is 6.19. The molecule has 0 spiro atoms. The van der Waals surface area contributed by atoms with Gasteiger partial charge in [0.1, 0.15) is 5.69 Å². The van der Waals surface area contributed by atoms with E-state index in [4.69, 9.17) is 4.52 Å². The van der Waals surface area contributed by atoms with Gasteiger partial charge in [0.05, 0.1) is 12.1 Å². The maximum Gasteiger partial charge on any atom is 0.230 e. The molecule has 1 amide bonds. The van der Waals surface area contributed by atoms with Crippen LogP contribution in [0.2, 0.25) is 0 Å². The van der Waals surface area contributed by atoms with Gasteiger partial charge in [-0.2, -0.15) is 0 Å². The zero-order chi connectivity index (χ0) is 15.7. The van der Waals surface area contributed by atoms with Crippen molar-refractivity contribution in [1.82, 2.24) is 5.16 Å². The van der Waals surface area contributed by atoms with Gasteiger partial charge < -0.3 is 9.84 Å². The monoisotopic (exact) mass is 358 g/mol.